The number of hydrogen-bond acceptors (Lipinski definition) is 4. The van der Waals surface area contributed by atoms with Crippen LogP contribution in [0.5, 0.6) is 0 Å². The van der Waals surface area contributed by atoms with Gasteiger partial charge in [-0.05, 0) is 17.7 Å². The molecule has 0 saturated heterocycles. The Hall–Kier alpha value is -2.47. The molecule has 0 radical (unpaired) electrons. The maximum Gasteiger partial charge on any atom is 0.414 e. The highest BCUT2D eigenvalue weighted by atomic mass is 32.2. The Morgan fingerprint density at radius 2 is 1.83 bits per heavy atom. The number of amides is 1. The van der Waals surface area contributed by atoms with Crippen LogP contribution in [0.2, 0.25) is 0 Å². The van der Waals surface area contributed by atoms with E-state index in [0.29, 0.717) is 6.54 Å². The zero-order chi connectivity index (χ0) is 16.9. The third-order valence-electron chi connectivity index (χ3n) is 3.66. The van der Waals surface area contributed by atoms with Crippen LogP contribution in [0.25, 0.3) is 0 Å². The summed E-state index contributed by atoms with van der Waals surface area (Å²) in [6.45, 7) is 0.511. The number of rotatable bonds is 4. The van der Waals surface area contributed by atoms with Crippen molar-refractivity contribution in [3.05, 3.63) is 60.2 Å². The van der Waals surface area contributed by atoms with Gasteiger partial charge in [-0.3, -0.25) is 9.69 Å². The molecule has 1 unspecified atom stereocenters. The molecule has 2 aromatic rings. The summed E-state index contributed by atoms with van der Waals surface area (Å²) in [5.41, 5.74) is 1.68. The molecule has 0 fully saturated rings. The van der Waals surface area contributed by atoms with Gasteiger partial charge < -0.3 is 9.84 Å². The molecule has 1 amide bonds. The van der Waals surface area contributed by atoms with Gasteiger partial charge in [0.1, 0.15) is 6.61 Å². The molecule has 2 aromatic carbocycles. The molecule has 1 aliphatic rings. The van der Waals surface area contributed by atoms with Gasteiger partial charge in [0.25, 0.3) is 0 Å². The Morgan fingerprint density at radius 3 is 2.58 bits per heavy atom. The molecule has 1 atom stereocenters. The first-order valence-electron chi connectivity index (χ1n) is 7.59. The van der Waals surface area contributed by atoms with E-state index >= 15 is 0 Å². The fraction of sp³-hybridized carbons (Fsp3) is 0.222. The van der Waals surface area contributed by atoms with E-state index in [4.69, 9.17) is 9.84 Å². The Balaban J connectivity index is 1.74. The van der Waals surface area contributed by atoms with Crippen LogP contribution in [0.3, 0.4) is 0 Å². The van der Waals surface area contributed by atoms with Crippen LogP contribution in [0, 0.1) is 0 Å². The quantitative estimate of drug-likeness (QED) is 0.915. The Labute approximate surface area is 144 Å². The first kappa shape index (κ1) is 16.4. The van der Waals surface area contributed by atoms with Gasteiger partial charge >= 0.3 is 12.1 Å². The minimum Gasteiger partial charge on any atom is -0.481 e. The summed E-state index contributed by atoms with van der Waals surface area (Å²) in [7, 11) is 0. The van der Waals surface area contributed by atoms with Crippen LogP contribution in [-0.2, 0) is 16.1 Å². The normalized spacial score (nSPS) is 16.3. The zero-order valence-electron chi connectivity index (χ0n) is 12.9. The van der Waals surface area contributed by atoms with Crippen molar-refractivity contribution in [2.75, 3.05) is 11.4 Å². The largest absolute Gasteiger partial charge is 0.481 e. The standard InChI is InChI=1S/C18H17NO4S/c20-17(21)10-14-11-19(15-8-4-5-9-16(15)24-14)18(22)23-12-13-6-2-1-3-7-13/h1-9,14H,10-12H2,(H,20,21). The van der Waals surface area contributed by atoms with Crippen LogP contribution in [0.1, 0.15) is 12.0 Å². The van der Waals surface area contributed by atoms with Crippen LogP contribution >= 0.6 is 11.8 Å². The Kier molecular flexibility index (Phi) is 5.05. The summed E-state index contributed by atoms with van der Waals surface area (Å²) in [6.07, 6.45) is -0.455. The van der Waals surface area contributed by atoms with E-state index in [0.717, 1.165) is 16.1 Å². The Bertz CT molecular complexity index is 735. The lowest BCUT2D eigenvalue weighted by molar-refractivity contribution is -0.136. The number of benzene rings is 2. The van der Waals surface area contributed by atoms with E-state index in [1.807, 2.05) is 54.6 Å². The second kappa shape index (κ2) is 7.40. The number of carboxylic acids is 1. The molecule has 24 heavy (non-hydrogen) atoms. The highest BCUT2D eigenvalue weighted by molar-refractivity contribution is 8.00. The van der Waals surface area contributed by atoms with Gasteiger partial charge in [-0.25, -0.2) is 4.79 Å². The number of carbonyl (C=O) groups excluding carboxylic acids is 1. The number of ether oxygens (including phenoxy) is 1. The Morgan fingerprint density at radius 1 is 1.12 bits per heavy atom. The summed E-state index contributed by atoms with van der Waals surface area (Å²) < 4.78 is 5.41. The molecule has 5 nitrogen and oxygen atoms in total. The number of aliphatic carboxylic acids is 1. The molecule has 124 valence electrons. The number of para-hydroxylation sites is 1. The number of thioether (sulfide) groups is 1. The van der Waals surface area contributed by atoms with Crippen molar-refractivity contribution in [3.63, 3.8) is 0 Å². The zero-order valence-corrected chi connectivity index (χ0v) is 13.7. The molecule has 0 aliphatic carbocycles. The molecule has 1 aliphatic heterocycles. The summed E-state index contributed by atoms with van der Waals surface area (Å²) in [5, 5.41) is 8.85. The predicted molar refractivity (Wildman–Crippen MR) is 92.3 cm³/mol. The fourth-order valence-corrected chi connectivity index (χ4v) is 3.83. The second-order valence-corrected chi connectivity index (χ2v) is 6.80. The summed E-state index contributed by atoms with van der Waals surface area (Å²) in [5.74, 6) is -0.871. The first-order chi connectivity index (χ1) is 11.6. The molecule has 0 bridgehead atoms. The third kappa shape index (κ3) is 3.89. The summed E-state index contributed by atoms with van der Waals surface area (Å²) in [4.78, 5) is 26.0. The van der Waals surface area contributed by atoms with Gasteiger partial charge in [0, 0.05) is 16.7 Å². The van der Waals surface area contributed by atoms with E-state index in [-0.39, 0.29) is 18.3 Å². The maximum absolute atomic E-state index is 12.5. The number of carboxylic acid groups (broad SMARTS) is 1. The average Bonchev–Trinajstić information content (AvgIpc) is 2.59. The number of fused-ring (bicyclic) bond motifs is 1. The lowest BCUT2D eigenvalue weighted by atomic mass is 10.2. The summed E-state index contributed by atoms with van der Waals surface area (Å²) >= 11 is 1.49. The minimum absolute atomic E-state index is 0.00145. The van der Waals surface area contributed by atoms with Crippen LogP contribution in [-0.4, -0.2) is 29.0 Å². The van der Waals surface area contributed by atoms with Crippen molar-refractivity contribution in [2.45, 2.75) is 23.2 Å². The summed E-state index contributed by atoms with van der Waals surface area (Å²) in [6, 6.07) is 16.9. The van der Waals surface area contributed by atoms with Gasteiger partial charge in [-0.15, -0.1) is 11.8 Å². The van der Waals surface area contributed by atoms with Crippen molar-refractivity contribution >= 4 is 29.5 Å². The van der Waals surface area contributed by atoms with Crippen molar-refractivity contribution in [3.8, 4) is 0 Å². The monoisotopic (exact) mass is 343 g/mol. The van der Waals surface area contributed by atoms with E-state index in [9.17, 15) is 9.59 Å². The molecule has 1 N–H and O–H groups in total. The van der Waals surface area contributed by atoms with Gasteiger partial charge in [0.05, 0.1) is 12.1 Å². The fourth-order valence-electron chi connectivity index (χ4n) is 2.57. The van der Waals surface area contributed by atoms with Gasteiger partial charge in [0.15, 0.2) is 0 Å². The average molecular weight is 343 g/mol. The smallest absolute Gasteiger partial charge is 0.414 e. The molecular formula is C18H17NO4S. The maximum atomic E-state index is 12.5. The highest BCUT2D eigenvalue weighted by Crippen LogP contribution is 2.39. The number of nitrogens with zero attached hydrogens (tertiary/aromatic N) is 1. The minimum atomic E-state index is -0.871. The lowest BCUT2D eigenvalue weighted by Gasteiger charge is -2.32. The van der Waals surface area contributed by atoms with Gasteiger partial charge in [0.2, 0.25) is 0 Å². The SMILES string of the molecule is O=C(O)CC1CN(C(=O)OCc2ccccc2)c2ccccc2S1. The van der Waals surface area contributed by atoms with Crippen LogP contribution in [0.15, 0.2) is 59.5 Å². The van der Waals surface area contributed by atoms with E-state index in [1.165, 1.54) is 16.7 Å². The number of anilines is 1. The van der Waals surface area contributed by atoms with Gasteiger partial charge in [-0.1, -0.05) is 42.5 Å². The van der Waals surface area contributed by atoms with Crippen molar-refractivity contribution in [2.24, 2.45) is 0 Å². The molecule has 0 saturated carbocycles. The molecule has 6 heteroatoms. The first-order valence-corrected chi connectivity index (χ1v) is 8.47. The van der Waals surface area contributed by atoms with Crippen molar-refractivity contribution in [1.82, 2.24) is 0 Å². The topological polar surface area (TPSA) is 66.8 Å². The third-order valence-corrected chi connectivity index (χ3v) is 4.91. The molecule has 0 spiro atoms. The molecule has 0 aromatic heterocycles. The van der Waals surface area contributed by atoms with Crippen LogP contribution < -0.4 is 4.90 Å². The van der Waals surface area contributed by atoms with Crippen molar-refractivity contribution in [1.29, 1.82) is 0 Å². The van der Waals surface area contributed by atoms with Crippen LogP contribution in [0.4, 0.5) is 10.5 Å². The lowest BCUT2D eigenvalue weighted by Crippen LogP contribution is -2.40. The van der Waals surface area contributed by atoms with E-state index in [1.54, 1.807) is 0 Å². The van der Waals surface area contributed by atoms with Crippen molar-refractivity contribution < 1.29 is 19.4 Å². The van der Waals surface area contributed by atoms with E-state index < -0.39 is 12.1 Å². The number of hydrogen-bond donors (Lipinski definition) is 1. The predicted octanol–water partition coefficient (Wildman–Crippen LogP) is 3.78. The molecular weight excluding hydrogens is 326 g/mol. The molecule has 3 rings (SSSR count). The number of carbonyl (C=O) groups is 2. The van der Waals surface area contributed by atoms with E-state index in [2.05, 4.69) is 0 Å². The highest BCUT2D eigenvalue weighted by Gasteiger charge is 2.31. The second-order valence-electron chi connectivity index (χ2n) is 5.46. The van der Waals surface area contributed by atoms with Gasteiger partial charge in [-0.2, -0.15) is 0 Å². The molecule has 1 heterocycles.